The predicted molar refractivity (Wildman–Crippen MR) is 146 cm³/mol. The maximum absolute atomic E-state index is 13.6. The van der Waals surface area contributed by atoms with Crippen LogP contribution in [-0.2, 0) is 14.1 Å². The number of halogens is 1. The molecule has 0 bridgehead atoms. The molecular formula is C29H20BrN3O5. The van der Waals surface area contributed by atoms with Gasteiger partial charge in [-0.25, -0.2) is 9.59 Å². The van der Waals surface area contributed by atoms with Crippen LogP contribution >= 0.6 is 15.9 Å². The molecule has 0 spiro atoms. The Morgan fingerprint density at radius 3 is 2.21 bits per heavy atom. The van der Waals surface area contributed by atoms with Crippen molar-refractivity contribution in [3.05, 3.63) is 131 Å². The van der Waals surface area contributed by atoms with E-state index in [0.717, 1.165) is 14.6 Å². The van der Waals surface area contributed by atoms with Crippen LogP contribution in [0.3, 0.4) is 0 Å². The lowest BCUT2D eigenvalue weighted by atomic mass is 9.81. The van der Waals surface area contributed by atoms with Gasteiger partial charge in [-0.2, -0.15) is 0 Å². The normalized spacial score (nSPS) is 15.4. The van der Waals surface area contributed by atoms with E-state index in [9.17, 15) is 19.2 Å². The van der Waals surface area contributed by atoms with Gasteiger partial charge >= 0.3 is 11.7 Å². The standard InChI is InChI=1S/C29H20BrN3O5/c1-32-26-23(27(35)33(2)29(32)37)21(22-24(31-26)19-5-3-4-6-20(19)25(22)34)15-9-13-18(14-10-15)38-28(36)16-7-11-17(30)12-8-16/h3-14,21,31H,1-2H3/t21-/m0/s1. The molecule has 0 unspecified atom stereocenters. The van der Waals surface area contributed by atoms with Crippen LogP contribution < -0.4 is 21.3 Å². The minimum absolute atomic E-state index is 0.180. The highest BCUT2D eigenvalue weighted by Gasteiger charge is 2.42. The van der Waals surface area contributed by atoms with E-state index in [1.807, 2.05) is 12.1 Å². The van der Waals surface area contributed by atoms with Crippen LogP contribution in [0.5, 0.6) is 5.75 Å². The highest BCUT2D eigenvalue weighted by Crippen LogP contribution is 2.47. The van der Waals surface area contributed by atoms with Gasteiger partial charge in [0.2, 0.25) is 0 Å². The predicted octanol–water partition coefficient (Wildman–Crippen LogP) is 4.23. The van der Waals surface area contributed by atoms with Crippen LogP contribution in [0, 0.1) is 0 Å². The van der Waals surface area contributed by atoms with Crippen molar-refractivity contribution in [2.75, 3.05) is 5.32 Å². The van der Waals surface area contributed by atoms with E-state index in [-0.39, 0.29) is 5.78 Å². The number of ether oxygens (including phenoxy) is 1. The van der Waals surface area contributed by atoms with Crippen molar-refractivity contribution in [1.82, 2.24) is 9.13 Å². The highest BCUT2D eigenvalue weighted by molar-refractivity contribution is 9.10. The fraction of sp³-hybridized carbons (Fsp3) is 0.103. The number of benzene rings is 3. The van der Waals surface area contributed by atoms with Gasteiger partial charge in [0.25, 0.3) is 5.56 Å². The lowest BCUT2D eigenvalue weighted by molar-refractivity contribution is 0.0734. The average Bonchev–Trinajstić information content (AvgIpc) is 3.22. The van der Waals surface area contributed by atoms with Crippen LogP contribution in [-0.4, -0.2) is 20.9 Å². The Hall–Kier alpha value is -4.50. The van der Waals surface area contributed by atoms with E-state index in [0.29, 0.717) is 45.1 Å². The molecule has 8 nitrogen and oxygen atoms in total. The van der Waals surface area contributed by atoms with E-state index in [2.05, 4.69) is 21.2 Å². The van der Waals surface area contributed by atoms with Gasteiger partial charge in [0.1, 0.15) is 11.6 Å². The van der Waals surface area contributed by atoms with Crippen molar-refractivity contribution in [2.24, 2.45) is 14.1 Å². The Balaban J connectivity index is 1.46. The van der Waals surface area contributed by atoms with Gasteiger partial charge in [0.05, 0.1) is 16.8 Å². The van der Waals surface area contributed by atoms with Gasteiger partial charge in [-0.05, 0) is 42.0 Å². The maximum atomic E-state index is 13.6. The number of ketones is 1. The zero-order valence-corrected chi connectivity index (χ0v) is 21.9. The monoisotopic (exact) mass is 569 g/mol. The number of nitrogens with one attached hydrogen (secondary N) is 1. The van der Waals surface area contributed by atoms with Crippen molar-refractivity contribution >= 4 is 39.2 Å². The van der Waals surface area contributed by atoms with Gasteiger partial charge in [0.15, 0.2) is 5.78 Å². The molecule has 6 rings (SSSR count). The number of fused-ring (bicyclic) bond motifs is 3. The van der Waals surface area contributed by atoms with Crippen LogP contribution in [0.25, 0.3) is 5.70 Å². The topological polar surface area (TPSA) is 99.4 Å². The molecule has 1 atom stereocenters. The smallest absolute Gasteiger partial charge is 0.343 e. The third kappa shape index (κ3) is 3.58. The molecule has 1 N–H and O–H groups in total. The quantitative estimate of drug-likeness (QED) is 0.293. The molecule has 38 heavy (non-hydrogen) atoms. The summed E-state index contributed by atoms with van der Waals surface area (Å²) in [5, 5.41) is 3.22. The summed E-state index contributed by atoms with van der Waals surface area (Å²) >= 11 is 3.34. The summed E-state index contributed by atoms with van der Waals surface area (Å²) in [7, 11) is 3.01. The van der Waals surface area contributed by atoms with Crippen LogP contribution in [0.1, 0.15) is 43.3 Å². The van der Waals surface area contributed by atoms with Gasteiger partial charge in [0, 0.05) is 41.2 Å². The summed E-state index contributed by atoms with van der Waals surface area (Å²) in [6.07, 6.45) is 0. The van der Waals surface area contributed by atoms with Crippen molar-refractivity contribution in [1.29, 1.82) is 0 Å². The van der Waals surface area contributed by atoms with E-state index in [1.54, 1.807) is 67.7 Å². The van der Waals surface area contributed by atoms with E-state index in [1.165, 1.54) is 11.6 Å². The Bertz CT molecular complexity index is 1820. The summed E-state index contributed by atoms with van der Waals surface area (Å²) in [4.78, 5) is 52.4. The molecule has 4 aromatic rings. The first-order chi connectivity index (χ1) is 18.3. The highest BCUT2D eigenvalue weighted by atomic mass is 79.9. The molecule has 0 radical (unpaired) electrons. The number of carbonyl (C=O) groups excluding carboxylic acids is 2. The van der Waals surface area contributed by atoms with Crippen molar-refractivity contribution in [2.45, 2.75) is 5.92 Å². The number of hydrogen-bond donors (Lipinski definition) is 1. The molecule has 0 saturated heterocycles. The summed E-state index contributed by atoms with van der Waals surface area (Å²) in [5.74, 6) is -0.757. The minimum atomic E-state index is -0.733. The molecule has 0 saturated carbocycles. The number of carbonyl (C=O) groups is 2. The Labute approximate surface area is 224 Å². The van der Waals surface area contributed by atoms with E-state index < -0.39 is 23.1 Å². The molecule has 0 fully saturated rings. The van der Waals surface area contributed by atoms with Gasteiger partial charge in [-0.1, -0.05) is 52.3 Å². The summed E-state index contributed by atoms with van der Waals surface area (Å²) in [6.45, 7) is 0. The van der Waals surface area contributed by atoms with Crippen LogP contribution in [0.15, 0.2) is 92.4 Å². The zero-order valence-electron chi connectivity index (χ0n) is 20.3. The molecule has 1 aliphatic carbocycles. The molecule has 0 amide bonds. The molecule has 1 aliphatic heterocycles. The molecule has 3 aromatic carbocycles. The van der Waals surface area contributed by atoms with E-state index in [4.69, 9.17) is 4.74 Å². The second-order valence-electron chi connectivity index (χ2n) is 9.15. The Kier molecular flexibility index (Phi) is 5.53. The van der Waals surface area contributed by atoms with E-state index >= 15 is 0 Å². The van der Waals surface area contributed by atoms with Crippen molar-refractivity contribution < 1.29 is 14.3 Å². The number of rotatable bonds is 3. The molecule has 188 valence electrons. The second kappa shape index (κ2) is 8.81. The molecule has 2 aliphatic rings. The van der Waals surface area contributed by atoms with Crippen LogP contribution in [0.4, 0.5) is 5.82 Å². The number of nitrogens with zero attached hydrogens (tertiary/aromatic N) is 2. The lowest BCUT2D eigenvalue weighted by Gasteiger charge is -2.29. The molecule has 1 aromatic heterocycles. The largest absolute Gasteiger partial charge is 0.423 e. The first-order valence-electron chi connectivity index (χ1n) is 11.8. The third-order valence-electron chi connectivity index (χ3n) is 6.98. The molecule has 9 heteroatoms. The minimum Gasteiger partial charge on any atom is -0.423 e. The van der Waals surface area contributed by atoms with Crippen molar-refractivity contribution in [3.63, 3.8) is 0 Å². The first-order valence-corrected chi connectivity index (χ1v) is 12.6. The number of esters is 1. The van der Waals surface area contributed by atoms with Gasteiger partial charge in [-0.15, -0.1) is 0 Å². The zero-order chi connectivity index (χ0) is 26.7. The van der Waals surface area contributed by atoms with Gasteiger partial charge in [-0.3, -0.25) is 18.7 Å². The number of hydrogen-bond acceptors (Lipinski definition) is 6. The lowest BCUT2D eigenvalue weighted by Crippen LogP contribution is -2.42. The second-order valence-corrected chi connectivity index (χ2v) is 10.1. The number of Topliss-reactive ketones (excluding diaryl/α,β-unsaturated/α-hetero) is 1. The summed E-state index contributed by atoms with van der Waals surface area (Å²) in [5.41, 5.74) is 2.67. The number of allylic oxidation sites excluding steroid dienone is 1. The fourth-order valence-corrected chi connectivity index (χ4v) is 5.34. The maximum Gasteiger partial charge on any atom is 0.343 e. The average molecular weight is 570 g/mol. The Morgan fingerprint density at radius 2 is 1.53 bits per heavy atom. The third-order valence-corrected chi connectivity index (χ3v) is 7.51. The molecule has 2 heterocycles. The number of anilines is 1. The number of aromatic nitrogens is 2. The Morgan fingerprint density at radius 1 is 0.868 bits per heavy atom. The first kappa shape index (κ1) is 23.9. The van der Waals surface area contributed by atoms with Crippen LogP contribution in [0.2, 0.25) is 0 Å². The van der Waals surface area contributed by atoms with Crippen molar-refractivity contribution in [3.8, 4) is 5.75 Å². The summed E-state index contributed by atoms with van der Waals surface area (Å²) in [6, 6.07) is 20.8. The van der Waals surface area contributed by atoms with Gasteiger partial charge < -0.3 is 10.1 Å². The molecular weight excluding hydrogens is 550 g/mol. The summed E-state index contributed by atoms with van der Waals surface area (Å²) < 4.78 is 8.80. The SMILES string of the molecule is Cn1c2c(c(=O)n(C)c1=O)[C@@H](c1ccc(OC(=O)c3ccc(Br)cc3)cc1)C1=C(N2)c2ccccc2C1=O. The fourth-order valence-electron chi connectivity index (χ4n) is 5.07.